The van der Waals surface area contributed by atoms with Crippen molar-refractivity contribution in [3.8, 4) is 62.8 Å². The number of nitrogens with zero attached hydrogens (tertiary/aromatic N) is 8. The average molecular weight is 1210 g/mol. The van der Waals surface area contributed by atoms with Crippen molar-refractivity contribution in [2.45, 2.75) is 19.6 Å². The molecule has 10 aromatic carbocycles. The molecule has 0 amide bonds. The summed E-state index contributed by atoms with van der Waals surface area (Å²) in [5.74, 6) is 0. The molecule has 14 heteroatoms. The van der Waals surface area contributed by atoms with Gasteiger partial charge in [-0.1, -0.05) is 78.9 Å². The number of allylic oxidation sites excluding steroid dienone is 1. The van der Waals surface area contributed by atoms with Crippen molar-refractivity contribution in [1.82, 2.24) is 23.7 Å². The number of aromatic nitrogens is 5. The van der Waals surface area contributed by atoms with Crippen molar-refractivity contribution in [1.29, 1.82) is 10.5 Å². The third-order valence-electron chi connectivity index (χ3n) is 18.5. The van der Waals surface area contributed by atoms with E-state index >= 15 is 0 Å². The molecule has 6 heterocycles. The van der Waals surface area contributed by atoms with Crippen molar-refractivity contribution >= 4 is 108 Å². The van der Waals surface area contributed by atoms with Gasteiger partial charge in [-0.25, -0.2) is 31.8 Å². The van der Waals surface area contributed by atoms with Gasteiger partial charge in [-0.05, 0) is 175 Å². The van der Waals surface area contributed by atoms with Gasteiger partial charge in [0.15, 0.2) is 0 Å². The summed E-state index contributed by atoms with van der Waals surface area (Å²) in [5, 5.41) is 28.0. The summed E-state index contributed by atoms with van der Waals surface area (Å²) in [6, 6.07) is 79.0. The van der Waals surface area contributed by atoms with Crippen LogP contribution in [0.3, 0.4) is 0 Å². The normalized spacial score (nSPS) is 13.1. The summed E-state index contributed by atoms with van der Waals surface area (Å²) >= 11 is 0. The van der Waals surface area contributed by atoms with Crippen LogP contribution in [-0.4, -0.2) is 40.5 Å². The molecule has 19 rings (SSSR count). The van der Waals surface area contributed by atoms with Crippen molar-refractivity contribution in [2.75, 3.05) is 0 Å². The van der Waals surface area contributed by atoms with E-state index in [-0.39, 0.29) is 19.6 Å². The fourth-order valence-electron chi connectivity index (χ4n) is 14.5. The predicted octanol–water partition coefficient (Wildman–Crippen LogP) is 15.3. The highest BCUT2D eigenvalue weighted by Gasteiger charge is 2.35. The van der Waals surface area contributed by atoms with Crippen molar-refractivity contribution < 1.29 is 16.8 Å². The van der Waals surface area contributed by atoms with Gasteiger partial charge >= 0.3 is 0 Å². The zero-order valence-electron chi connectivity index (χ0n) is 47.6. The van der Waals surface area contributed by atoms with E-state index in [1.807, 2.05) is 66.7 Å². The number of fused-ring (bicyclic) bond motifs is 21. The molecule has 424 valence electrons. The lowest BCUT2D eigenvalue weighted by atomic mass is 10.0. The highest BCUT2D eigenvalue weighted by Crippen LogP contribution is 2.52. The van der Waals surface area contributed by atoms with Gasteiger partial charge in [0, 0.05) is 82.2 Å². The Kier molecular flexibility index (Phi) is 10.2. The Bertz CT molecular complexity index is 6510. The van der Waals surface area contributed by atoms with E-state index in [0.29, 0.717) is 11.1 Å². The van der Waals surface area contributed by atoms with Crippen LogP contribution in [0.4, 0.5) is 0 Å². The molecule has 3 aliphatic heterocycles. The Morgan fingerprint density at radius 1 is 0.396 bits per heavy atom. The molecule has 0 saturated carbocycles. The second-order valence-corrected chi connectivity index (χ2v) is 27.2. The summed E-state index contributed by atoms with van der Waals surface area (Å²) < 4.78 is 62.9. The first kappa shape index (κ1) is 51.0. The van der Waals surface area contributed by atoms with Gasteiger partial charge < -0.3 is 13.7 Å². The number of para-hydroxylation sites is 3. The molecule has 3 aliphatic carbocycles. The number of hydrogen-bond donors (Lipinski definition) is 0. The van der Waals surface area contributed by atoms with Crippen LogP contribution in [0.25, 0.3) is 139 Å². The van der Waals surface area contributed by atoms with Crippen LogP contribution in [0.2, 0.25) is 0 Å². The molecule has 0 fully saturated rings. The van der Waals surface area contributed by atoms with E-state index in [4.69, 9.17) is 15.0 Å². The summed E-state index contributed by atoms with van der Waals surface area (Å²) in [4.78, 5) is 16.1. The summed E-state index contributed by atoms with van der Waals surface area (Å²) in [7, 11) is -7.79. The summed E-state index contributed by atoms with van der Waals surface area (Å²) in [6.45, 7) is 0. The molecular weight excluding hydrogens is 1170 g/mol. The first-order chi connectivity index (χ1) is 44.5. The smallest absolute Gasteiger partial charge is 0.206 e. The highest BCUT2D eigenvalue weighted by molar-refractivity contribution is 7.91. The second-order valence-electron chi connectivity index (χ2n) is 23.3. The van der Waals surface area contributed by atoms with E-state index in [0.717, 1.165) is 160 Å². The Morgan fingerprint density at radius 2 is 0.912 bits per heavy atom. The number of nitriles is 2. The quantitative estimate of drug-likeness (QED) is 0.145. The minimum atomic E-state index is -3.90. The minimum absolute atomic E-state index is 0.114. The Hall–Kier alpha value is -12.1. The Morgan fingerprint density at radius 3 is 1.56 bits per heavy atom. The zero-order chi connectivity index (χ0) is 60.8. The van der Waals surface area contributed by atoms with Crippen molar-refractivity contribution in [3.05, 3.63) is 275 Å². The van der Waals surface area contributed by atoms with Gasteiger partial charge in [0.25, 0.3) is 0 Å². The number of rotatable bonds is 8. The Balaban J connectivity index is 0.782. The SMILES string of the molecule is N#Cc1ccc(S(=O)(=O)c2ccc(-n3c4c(c5c3ccc3c6cc(-c7ccc8c9c%10c(cc-9nc8c7)c7cc8nc9ccccc9c-8c7n%10-c7ccc(S(=O)(=O)c8ccc(C#N)cc8)cc7)ccc6n(-c6ccccc6)c35)C=C3N=c5ccccc5=C34)cc2)cc1. The molecule has 3 aromatic heterocycles. The van der Waals surface area contributed by atoms with E-state index in [2.05, 4.69) is 129 Å². The van der Waals surface area contributed by atoms with Crippen LogP contribution in [0.5, 0.6) is 0 Å². The molecular formula is C77H40N8O4S2. The lowest BCUT2D eigenvalue weighted by Gasteiger charge is -2.13. The highest BCUT2D eigenvalue weighted by atomic mass is 32.2. The lowest BCUT2D eigenvalue weighted by Crippen LogP contribution is -2.22. The maximum Gasteiger partial charge on any atom is 0.206 e. The lowest BCUT2D eigenvalue weighted by molar-refractivity contribution is 0.594. The molecule has 0 spiro atoms. The fraction of sp³-hybridized carbons (Fsp3) is 0. The van der Waals surface area contributed by atoms with Crippen molar-refractivity contribution in [3.63, 3.8) is 0 Å². The molecule has 0 saturated heterocycles. The monoisotopic (exact) mass is 1200 g/mol. The molecule has 0 radical (unpaired) electrons. The van der Waals surface area contributed by atoms with E-state index in [1.165, 1.54) is 48.5 Å². The van der Waals surface area contributed by atoms with Crippen molar-refractivity contribution in [2.24, 2.45) is 4.99 Å². The van der Waals surface area contributed by atoms with Crippen LogP contribution in [0.1, 0.15) is 22.4 Å². The molecule has 0 atom stereocenters. The second kappa shape index (κ2) is 18.3. The topological polar surface area (TPSA) is 169 Å². The predicted molar refractivity (Wildman–Crippen MR) is 355 cm³/mol. The Labute approximate surface area is 518 Å². The maximum atomic E-state index is 14.0. The molecule has 12 nitrogen and oxygen atoms in total. The standard InChI is InChI=1S/C77H40N8O4S2/c78-41-43-14-24-50(25-15-43)90(86,87)52-28-20-48(21-29-52)84-69-35-33-54-58-36-45(19-34-68(58)83(47-8-2-1-3-9-47)74(54)73(69)61-40-67-71(77(61)84)56-11-5-7-13-63(56)81-67)46-18-32-57-64(37-46)82-66-39-60-59-38-65-70(55-10-4-6-12-62(55)80-65)75(59)85(76(60)72(57)66)49-22-30-53(31-23-49)91(88,89)51-26-16-44(42-79)17-27-51/h1-40H. The summed E-state index contributed by atoms with van der Waals surface area (Å²) in [6.07, 6.45) is 2.20. The summed E-state index contributed by atoms with van der Waals surface area (Å²) in [5.41, 5.74) is 19.8. The van der Waals surface area contributed by atoms with Crippen LogP contribution in [0, 0.1) is 22.7 Å². The molecule has 0 N–H and O–H groups in total. The number of sulfone groups is 2. The van der Waals surface area contributed by atoms with Gasteiger partial charge in [-0.3, -0.25) is 0 Å². The van der Waals surface area contributed by atoms with Crippen LogP contribution in [-0.2, 0) is 19.7 Å². The molecule has 0 unspecified atom stereocenters. The van der Waals surface area contributed by atoms with E-state index in [1.54, 1.807) is 24.3 Å². The first-order valence-electron chi connectivity index (χ1n) is 29.5. The number of benzene rings is 10. The zero-order valence-corrected chi connectivity index (χ0v) is 49.3. The largest absolute Gasteiger partial charge is 0.309 e. The fourth-order valence-corrected chi connectivity index (χ4v) is 17.0. The molecule has 13 aromatic rings. The van der Waals surface area contributed by atoms with E-state index in [9.17, 15) is 27.4 Å². The van der Waals surface area contributed by atoms with Gasteiger partial charge in [0.1, 0.15) is 0 Å². The first-order valence-corrected chi connectivity index (χ1v) is 32.5. The van der Waals surface area contributed by atoms with Gasteiger partial charge in [-0.15, -0.1) is 0 Å². The molecule has 91 heavy (non-hydrogen) atoms. The van der Waals surface area contributed by atoms with Crippen LogP contribution < -0.4 is 10.6 Å². The van der Waals surface area contributed by atoms with Gasteiger partial charge in [0.05, 0.1) is 110 Å². The molecule has 0 bridgehead atoms. The minimum Gasteiger partial charge on any atom is -0.309 e. The maximum absolute atomic E-state index is 14.0. The van der Waals surface area contributed by atoms with Gasteiger partial charge in [0.2, 0.25) is 19.7 Å². The van der Waals surface area contributed by atoms with Crippen LogP contribution in [0.15, 0.2) is 267 Å². The van der Waals surface area contributed by atoms with Gasteiger partial charge in [-0.2, -0.15) is 10.5 Å². The third kappa shape index (κ3) is 7.02. The average Bonchev–Trinajstić information content (AvgIpc) is 1.53. The molecule has 6 aliphatic rings. The third-order valence-corrected chi connectivity index (χ3v) is 22.1. The van der Waals surface area contributed by atoms with E-state index < -0.39 is 19.7 Å². The number of hydrogen-bond acceptors (Lipinski definition) is 9. The van der Waals surface area contributed by atoms with Crippen LogP contribution >= 0.6 is 0 Å².